The molecule has 5 heteroatoms. The molecule has 0 radical (unpaired) electrons. The van der Waals surface area contributed by atoms with Gasteiger partial charge >= 0.3 is 0 Å². The Morgan fingerprint density at radius 1 is 1.08 bits per heavy atom. The van der Waals surface area contributed by atoms with Crippen molar-refractivity contribution >= 4 is 0 Å². The van der Waals surface area contributed by atoms with E-state index in [1.807, 2.05) is 43.3 Å². The lowest BCUT2D eigenvalue weighted by molar-refractivity contribution is 0.400. The van der Waals surface area contributed by atoms with Gasteiger partial charge in [0.2, 0.25) is 0 Å². The molecule has 2 aromatic carbocycles. The first-order valence-electron chi connectivity index (χ1n) is 8.53. The molecule has 1 aliphatic carbocycles. The van der Waals surface area contributed by atoms with Crippen LogP contribution >= 0.6 is 0 Å². The molecule has 2 aromatic heterocycles. The Morgan fingerprint density at radius 3 is 2.73 bits per heavy atom. The highest BCUT2D eigenvalue weighted by atomic mass is 16.5. The molecule has 0 bridgehead atoms. The fourth-order valence-corrected chi connectivity index (χ4v) is 3.69. The molecule has 0 saturated heterocycles. The number of methoxy groups -OCH3 is 1. The molecule has 0 saturated carbocycles. The molecule has 128 valence electrons. The normalized spacial score (nSPS) is 12.1. The minimum Gasteiger partial charge on any atom is -0.497 e. The van der Waals surface area contributed by atoms with Gasteiger partial charge in [0.05, 0.1) is 24.1 Å². The van der Waals surface area contributed by atoms with Crippen molar-refractivity contribution in [1.82, 2.24) is 15.4 Å². The summed E-state index contributed by atoms with van der Waals surface area (Å²) in [5.41, 5.74) is 8.38. The van der Waals surface area contributed by atoms with Crippen LogP contribution in [0.15, 0.2) is 53.1 Å². The third-order valence-electron chi connectivity index (χ3n) is 4.96. The quantitative estimate of drug-likeness (QED) is 0.519. The lowest BCUT2D eigenvalue weighted by Crippen LogP contribution is -1.91. The van der Waals surface area contributed by atoms with Crippen LogP contribution in [0, 0.1) is 6.92 Å². The zero-order valence-electron chi connectivity index (χ0n) is 14.5. The predicted octanol–water partition coefficient (Wildman–Crippen LogP) is 4.62. The number of hydrogen-bond acceptors (Lipinski definition) is 4. The van der Waals surface area contributed by atoms with Gasteiger partial charge in [0.1, 0.15) is 17.2 Å². The summed E-state index contributed by atoms with van der Waals surface area (Å²) in [4.78, 5) is 0. The molecule has 0 unspecified atom stereocenters. The van der Waals surface area contributed by atoms with E-state index in [1.54, 1.807) is 7.11 Å². The summed E-state index contributed by atoms with van der Waals surface area (Å²) < 4.78 is 10.9. The molecule has 2 heterocycles. The number of nitrogens with zero attached hydrogens (tertiary/aromatic N) is 2. The monoisotopic (exact) mass is 343 g/mol. The largest absolute Gasteiger partial charge is 0.497 e. The number of ether oxygens (including phenoxy) is 1. The Balaban J connectivity index is 1.66. The summed E-state index contributed by atoms with van der Waals surface area (Å²) in [5.74, 6) is 1.65. The van der Waals surface area contributed by atoms with E-state index in [0.29, 0.717) is 0 Å². The highest BCUT2D eigenvalue weighted by Crippen LogP contribution is 2.44. The molecular weight excluding hydrogens is 326 g/mol. The average Bonchev–Trinajstić information content (AvgIpc) is 3.35. The van der Waals surface area contributed by atoms with Gasteiger partial charge in [-0.25, -0.2) is 0 Å². The number of hydrogen-bond donors (Lipinski definition) is 1. The fraction of sp³-hybridized carbons (Fsp3) is 0.143. The first kappa shape index (κ1) is 15.0. The highest BCUT2D eigenvalue weighted by molar-refractivity contribution is 5.87. The van der Waals surface area contributed by atoms with Gasteiger partial charge in [-0.1, -0.05) is 35.5 Å². The molecule has 5 nitrogen and oxygen atoms in total. The lowest BCUT2D eigenvalue weighted by Gasteiger charge is -2.04. The Bertz CT molecular complexity index is 1110. The minimum atomic E-state index is 0.781. The number of aromatic nitrogens is 3. The Morgan fingerprint density at radius 2 is 1.92 bits per heavy atom. The molecular formula is C21H17N3O2. The number of benzene rings is 2. The van der Waals surface area contributed by atoms with Gasteiger partial charge in [0, 0.05) is 23.1 Å². The second kappa shape index (κ2) is 5.59. The van der Waals surface area contributed by atoms with Crippen LogP contribution in [0.1, 0.15) is 16.9 Å². The third kappa shape index (κ3) is 2.10. The molecule has 0 spiro atoms. The molecule has 1 aliphatic rings. The van der Waals surface area contributed by atoms with Crippen molar-refractivity contribution in [3.05, 3.63) is 65.4 Å². The second-order valence-electron chi connectivity index (χ2n) is 6.45. The van der Waals surface area contributed by atoms with Crippen LogP contribution in [0.3, 0.4) is 0 Å². The summed E-state index contributed by atoms with van der Waals surface area (Å²) in [7, 11) is 1.69. The number of aryl methyl sites for hydroxylation is 1. The summed E-state index contributed by atoms with van der Waals surface area (Å²) in [5, 5.41) is 12.1. The zero-order valence-corrected chi connectivity index (χ0v) is 14.5. The smallest absolute Gasteiger partial charge is 0.143 e. The van der Waals surface area contributed by atoms with Gasteiger partial charge < -0.3 is 9.26 Å². The van der Waals surface area contributed by atoms with E-state index in [-0.39, 0.29) is 0 Å². The topological polar surface area (TPSA) is 63.9 Å². The molecule has 0 amide bonds. The summed E-state index contributed by atoms with van der Waals surface area (Å²) >= 11 is 0. The summed E-state index contributed by atoms with van der Waals surface area (Å²) in [6, 6.07) is 16.2. The van der Waals surface area contributed by atoms with Gasteiger partial charge in [-0.3, -0.25) is 5.10 Å². The van der Waals surface area contributed by atoms with Gasteiger partial charge in [0.25, 0.3) is 0 Å². The number of nitrogens with one attached hydrogen (secondary N) is 1. The molecule has 1 N–H and O–H groups in total. The van der Waals surface area contributed by atoms with E-state index in [1.165, 1.54) is 11.1 Å². The molecule has 26 heavy (non-hydrogen) atoms. The van der Waals surface area contributed by atoms with Crippen molar-refractivity contribution in [3.63, 3.8) is 0 Å². The van der Waals surface area contributed by atoms with E-state index in [2.05, 4.69) is 27.5 Å². The number of rotatable bonds is 3. The van der Waals surface area contributed by atoms with Crippen LogP contribution in [0.4, 0.5) is 0 Å². The van der Waals surface area contributed by atoms with Crippen LogP contribution in [0.25, 0.3) is 33.8 Å². The maximum Gasteiger partial charge on any atom is 0.143 e. The van der Waals surface area contributed by atoms with E-state index in [9.17, 15) is 0 Å². The predicted molar refractivity (Wildman–Crippen MR) is 99.1 cm³/mol. The Labute approximate surface area is 150 Å². The van der Waals surface area contributed by atoms with Gasteiger partial charge in [0.15, 0.2) is 0 Å². The molecule has 0 aliphatic heterocycles. The number of H-pyrrole nitrogens is 1. The maximum atomic E-state index is 5.53. The molecule has 4 aromatic rings. The third-order valence-corrected chi connectivity index (χ3v) is 4.96. The van der Waals surface area contributed by atoms with Gasteiger partial charge in [-0.2, -0.15) is 5.10 Å². The molecule has 0 atom stereocenters. The van der Waals surface area contributed by atoms with Crippen molar-refractivity contribution in [2.75, 3.05) is 7.11 Å². The van der Waals surface area contributed by atoms with Gasteiger partial charge in [-0.15, -0.1) is 0 Å². The van der Waals surface area contributed by atoms with Crippen molar-refractivity contribution in [3.8, 4) is 39.5 Å². The minimum absolute atomic E-state index is 0.781. The van der Waals surface area contributed by atoms with Crippen molar-refractivity contribution in [2.45, 2.75) is 13.3 Å². The SMILES string of the molecule is COc1ccc2c(c1)Cc1c-2n[nH]c1-c1c(-c2ccccc2)noc1C. The van der Waals surface area contributed by atoms with Crippen molar-refractivity contribution in [1.29, 1.82) is 0 Å². The van der Waals surface area contributed by atoms with Crippen molar-refractivity contribution < 1.29 is 9.26 Å². The maximum absolute atomic E-state index is 5.53. The highest BCUT2D eigenvalue weighted by Gasteiger charge is 2.29. The Hall–Kier alpha value is -3.34. The van der Waals surface area contributed by atoms with E-state index < -0.39 is 0 Å². The standard InChI is InChI=1S/C21H17N3O2/c1-12-18(19(24-26-12)13-6-4-3-5-7-13)21-17-11-14-10-15(25-2)8-9-16(14)20(17)22-23-21/h3-10H,11H2,1-2H3,(H,22,23). The van der Waals surface area contributed by atoms with Crippen LogP contribution in [0.5, 0.6) is 5.75 Å². The average molecular weight is 343 g/mol. The first-order chi connectivity index (χ1) is 12.8. The number of aromatic amines is 1. The van der Waals surface area contributed by atoms with E-state index >= 15 is 0 Å². The second-order valence-corrected chi connectivity index (χ2v) is 6.45. The van der Waals surface area contributed by atoms with E-state index in [4.69, 9.17) is 9.26 Å². The fourth-order valence-electron chi connectivity index (χ4n) is 3.69. The van der Waals surface area contributed by atoms with Crippen LogP contribution < -0.4 is 4.74 Å². The Kier molecular flexibility index (Phi) is 3.22. The van der Waals surface area contributed by atoms with Crippen LogP contribution in [-0.4, -0.2) is 22.5 Å². The summed E-state index contributed by atoms with van der Waals surface area (Å²) in [6.45, 7) is 1.94. The van der Waals surface area contributed by atoms with E-state index in [0.717, 1.165) is 51.7 Å². The van der Waals surface area contributed by atoms with Crippen LogP contribution in [0.2, 0.25) is 0 Å². The molecule has 0 fully saturated rings. The van der Waals surface area contributed by atoms with Gasteiger partial charge in [-0.05, 0) is 30.7 Å². The first-order valence-corrected chi connectivity index (χ1v) is 8.53. The zero-order chi connectivity index (χ0) is 17.7. The lowest BCUT2D eigenvalue weighted by atomic mass is 10.00. The van der Waals surface area contributed by atoms with Crippen LogP contribution in [-0.2, 0) is 6.42 Å². The molecule has 5 rings (SSSR count). The van der Waals surface area contributed by atoms with Crippen molar-refractivity contribution in [2.24, 2.45) is 0 Å². The summed E-state index contributed by atoms with van der Waals surface area (Å²) in [6.07, 6.45) is 0.812. The number of fused-ring (bicyclic) bond motifs is 3.